The first-order valence-electron chi connectivity index (χ1n) is 5.43. The summed E-state index contributed by atoms with van der Waals surface area (Å²) in [6, 6.07) is 0. The van der Waals surface area contributed by atoms with E-state index in [1.807, 2.05) is 13.8 Å². The number of nitrogens with zero attached hydrogens (tertiary/aromatic N) is 3. The van der Waals surface area contributed by atoms with Gasteiger partial charge in [0.1, 0.15) is 5.76 Å². The third-order valence-corrected chi connectivity index (χ3v) is 4.37. The summed E-state index contributed by atoms with van der Waals surface area (Å²) in [5.41, 5.74) is 2.07. The topological polar surface area (TPSA) is 63.8 Å². The molecule has 2 aromatic heterocycles. The fourth-order valence-electron chi connectivity index (χ4n) is 1.34. The van der Waals surface area contributed by atoms with E-state index in [2.05, 4.69) is 27.2 Å². The summed E-state index contributed by atoms with van der Waals surface area (Å²) in [5, 5.41) is 16.0. The van der Waals surface area contributed by atoms with Crippen LogP contribution in [0.15, 0.2) is 21.5 Å². The van der Waals surface area contributed by atoms with Crippen LogP contribution in [0, 0.1) is 13.8 Å². The normalized spacial score (nSPS) is 10.6. The van der Waals surface area contributed by atoms with Crippen LogP contribution < -0.4 is 5.32 Å². The molecule has 0 fully saturated rings. The molecule has 0 unspecified atom stereocenters. The van der Waals surface area contributed by atoms with E-state index in [9.17, 15) is 0 Å². The number of aromatic nitrogens is 3. The van der Waals surface area contributed by atoms with Crippen LogP contribution in [0.3, 0.4) is 0 Å². The van der Waals surface area contributed by atoms with Gasteiger partial charge in [-0.2, -0.15) is 0 Å². The molecule has 5 nitrogen and oxygen atoms in total. The van der Waals surface area contributed by atoms with Crippen molar-refractivity contribution in [3.8, 4) is 0 Å². The van der Waals surface area contributed by atoms with Crippen molar-refractivity contribution in [1.29, 1.82) is 0 Å². The molecule has 2 heterocycles. The van der Waals surface area contributed by atoms with Crippen molar-refractivity contribution >= 4 is 28.2 Å². The van der Waals surface area contributed by atoms with Gasteiger partial charge in [0.15, 0.2) is 4.34 Å². The van der Waals surface area contributed by atoms with Crippen LogP contribution in [-0.2, 0) is 5.75 Å². The first-order valence-corrected chi connectivity index (χ1v) is 7.23. The zero-order chi connectivity index (χ0) is 13.0. The number of hydrogen-bond donors (Lipinski definition) is 1. The Hall–Kier alpha value is -1.34. The van der Waals surface area contributed by atoms with Crippen molar-refractivity contribution < 1.29 is 4.52 Å². The Morgan fingerprint density at radius 3 is 2.94 bits per heavy atom. The molecule has 0 saturated heterocycles. The molecule has 0 saturated carbocycles. The Morgan fingerprint density at radius 2 is 2.28 bits per heavy atom. The van der Waals surface area contributed by atoms with Crippen molar-refractivity contribution in [3.63, 3.8) is 0 Å². The summed E-state index contributed by atoms with van der Waals surface area (Å²) in [6.45, 7) is 8.21. The van der Waals surface area contributed by atoms with Crippen molar-refractivity contribution in [2.45, 2.75) is 23.9 Å². The molecule has 2 aromatic rings. The minimum Gasteiger partial charge on any atom is -0.361 e. The average molecular weight is 282 g/mol. The van der Waals surface area contributed by atoms with Gasteiger partial charge in [0.2, 0.25) is 5.13 Å². The van der Waals surface area contributed by atoms with Gasteiger partial charge in [-0.05, 0) is 13.8 Å². The second kappa shape index (κ2) is 6.01. The summed E-state index contributed by atoms with van der Waals surface area (Å²) in [4.78, 5) is 0. The number of hydrogen-bond acceptors (Lipinski definition) is 7. The van der Waals surface area contributed by atoms with E-state index >= 15 is 0 Å². The number of nitrogens with one attached hydrogen (secondary N) is 1. The smallest absolute Gasteiger partial charge is 0.206 e. The summed E-state index contributed by atoms with van der Waals surface area (Å²) in [5.74, 6) is 1.67. The fraction of sp³-hybridized carbons (Fsp3) is 0.364. The lowest BCUT2D eigenvalue weighted by atomic mass is 10.2. The second-order valence-corrected chi connectivity index (χ2v) is 5.83. The lowest BCUT2D eigenvalue weighted by Crippen LogP contribution is -1.96. The third-order valence-electron chi connectivity index (χ3n) is 2.33. The minimum atomic E-state index is 0.698. The maximum Gasteiger partial charge on any atom is 0.206 e. The molecule has 2 rings (SSSR count). The Balaban J connectivity index is 1.94. The SMILES string of the molecule is C=CCNc1nnc(SCc2c(C)noc2C)s1. The molecule has 0 atom stereocenters. The zero-order valence-electron chi connectivity index (χ0n) is 10.3. The monoisotopic (exact) mass is 282 g/mol. The predicted octanol–water partition coefficient (Wildman–Crippen LogP) is 3.03. The molecule has 0 aliphatic rings. The van der Waals surface area contributed by atoms with Gasteiger partial charge in [0, 0.05) is 17.9 Å². The fourth-order valence-corrected chi connectivity index (χ4v) is 3.25. The summed E-state index contributed by atoms with van der Waals surface area (Å²) < 4.78 is 6.05. The van der Waals surface area contributed by atoms with Gasteiger partial charge < -0.3 is 9.84 Å². The largest absolute Gasteiger partial charge is 0.361 e. The van der Waals surface area contributed by atoms with E-state index in [1.54, 1.807) is 17.8 Å². The van der Waals surface area contributed by atoms with E-state index in [1.165, 1.54) is 11.3 Å². The highest BCUT2D eigenvalue weighted by Crippen LogP contribution is 2.29. The summed E-state index contributed by atoms with van der Waals surface area (Å²) in [7, 11) is 0. The highest BCUT2D eigenvalue weighted by atomic mass is 32.2. The van der Waals surface area contributed by atoms with Crippen LogP contribution in [0.25, 0.3) is 0 Å². The summed E-state index contributed by atoms with van der Waals surface area (Å²) >= 11 is 3.18. The number of thioether (sulfide) groups is 1. The van der Waals surface area contributed by atoms with Crippen LogP contribution in [0.5, 0.6) is 0 Å². The predicted molar refractivity (Wildman–Crippen MR) is 74.1 cm³/mol. The van der Waals surface area contributed by atoms with Gasteiger partial charge in [-0.3, -0.25) is 0 Å². The Bertz CT molecular complexity index is 515. The highest BCUT2D eigenvalue weighted by Gasteiger charge is 2.11. The molecular formula is C11H14N4OS2. The van der Waals surface area contributed by atoms with Crippen molar-refractivity contribution in [1.82, 2.24) is 15.4 Å². The standard InChI is InChI=1S/C11H14N4OS2/c1-4-5-12-10-13-14-11(18-10)17-6-9-7(2)15-16-8(9)3/h4H,1,5-6H2,2-3H3,(H,12,13). The molecule has 7 heteroatoms. The van der Waals surface area contributed by atoms with E-state index < -0.39 is 0 Å². The molecule has 0 aliphatic carbocycles. The summed E-state index contributed by atoms with van der Waals surface area (Å²) in [6.07, 6.45) is 1.79. The van der Waals surface area contributed by atoms with Gasteiger partial charge in [0.25, 0.3) is 0 Å². The van der Waals surface area contributed by atoms with Gasteiger partial charge in [-0.1, -0.05) is 34.3 Å². The maximum absolute atomic E-state index is 5.12. The molecule has 0 aromatic carbocycles. The zero-order valence-corrected chi connectivity index (χ0v) is 11.9. The van der Waals surface area contributed by atoms with Crippen LogP contribution in [-0.4, -0.2) is 21.9 Å². The Morgan fingerprint density at radius 1 is 1.44 bits per heavy atom. The van der Waals surface area contributed by atoms with Gasteiger partial charge >= 0.3 is 0 Å². The molecule has 0 spiro atoms. The molecule has 0 radical (unpaired) electrons. The molecule has 96 valence electrons. The molecule has 0 bridgehead atoms. The lowest BCUT2D eigenvalue weighted by Gasteiger charge is -1.96. The van der Waals surface area contributed by atoms with Crippen LogP contribution in [0.4, 0.5) is 5.13 Å². The Labute approximate surface area is 114 Å². The third kappa shape index (κ3) is 3.11. The molecule has 1 N–H and O–H groups in total. The van der Waals surface area contributed by atoms with Crippen molar-refractivity contribution in [2.75, 3.05) is 11.9 Å². The molecular weight excluding hydrogens is 268 g/mol. The van der Waals surface area contributed by atoms with E-state index in [-0.39, 0.29) is 0 Å². The first kappa shape index (κ1) is 13.1. The van der Waals surface area contributed by atoms with E-state index in [0.29, 0.717) is 6.54 Å². The quantitative estimate of drug-likeness (QED) is 0.649. The maximum atomic E-state index is 5.12. The molecule has 0 aliphatic heterocycles. The molecule has 0 amide bonds. The van der Waals surface area contributed by atoms with Gasteiger partial charge in [-0.25, -0.2) is 0 Å². The van der Waals surface area contributed by atoms with E-state index in [0.717, 1.165) is 32.2 Å². The van der Waals surface area contributed by atoms with Crippen LogP contribution >= 0.6 is 23.1 Å². The van der Waals surface area contributed by atoms with Crippen LogP contribution in [0.2, 0.25) is 0 Å². The van der Waals surface area contributed by atoms with Gasteiger partial charge in [0.05, 0.1) is 5.69 Å². The Kier molecular flexibility index (Phi) is 4.38. The second-order valence-electron chi connectivity index (χ2n) is 3.63. The van der Waals surface area contributed by atoms with Crippen LogP contribution in [0.1, 0.15) is 17.0 Å². The highest BCUT2D eigenvalue weighted by molar-refractivity contribution is 8.00. The number of aryl methyl sites for hydroxylation is 2. The first-order chi connectivity index (χ1) is 8.70. The average Bonchev–Trinajstić information content (AvgIpc) is 2.93. The number of rotatable bonds is 6. The minimum absolute atomic E-state index is 0.698. The molecule has 18 heavy (non-hydrogen) atoms. The van der Waals surface area contributed by atoms with Gasteiger partial charge in [-0.15, -0.1) is 16.8 Å². The lowest BCUT2D eigenvalue weighted by molar-refractivity contribution is 0.392. The van der Waals surface area contributed by atoms with E-state index in [4.69, 9.17) is 4.52 Å². The number of anilines is 1. The van der Waals surface area contributed by atoms with Crippen molar-refractivity contribution in [2.24, 2.45) is 0 Å². The van der Waals surface area contributed by atoms with Crippen molar-refractivity contribution in [3.05, 3.63) is 29.7 Å².